The third kappa shape index (κ3) is 2.31. The van der Waals surface area contributed by atoms with Crippen molar-refractivity contribution < 1.29 is 4.79 Å². The minimum atomic E-state index is -0.738. The molecular formula is C24H20N4O. The standard InChI is InChI=1S/C24H20N4O/c29-23-24(19-9-2-4-11-21(19)27-23)15-28(13-16-7-5-6-12-25-16)14-18-17-8-1-3-10-20(17)26-22(18)24/h1-12,26H,13-15H2,(H,27,29). The van der Waals surface area contributed by atoms with E-state index in [0.717, 1.165) is 34.7 Å². The van der Waals surface area contributed by atoms with E-state index in [-0.39, 0.29) is 5.91 Å². The molecule has 2 aromatic carbocycles. The second-order valence-corrected chi connectivity index (χ2v) is 7.90. The predicted molar refractivity (Wildman–Crippen MR) is 113 cm³/mol. The quantitative estimate of drug-likeness (QED) is 0.556. The van der Waals surface area contributed by atoms with Gasteiger partial charge in [0.15, 0.2) is 0 Å². The minimum absolute atomic E-state index is 0.0391. The van der Waals surface area contributed by atoms with Gasteiger partial charge < -0.3 is 10.3 Å². The minimum Gasteiger partial charge on any atom is -0.357 e. The number of rotatable bonds is 2. The molecule has 1 atom stereocenters. The van der Waals surface area contributed by atoms with Crippen LogP contribution in [0.1, 0.15) is 22.5 Å². The van der Waals surface area contributed by atoms with E-state index in [1.54, 1.807) is 0 Å². The summed E-state index contributed by atoms with van der Waals surface area (Å²) in [7, 11) is 0. The lowest BCUT2D eigenvalue weighted by Crippen LogP contribution is -2.50. The lowest BCUT2D eigenvalue weighted by molar-refractivity contribution is -0.120. The second kappa shape index (κ2) is 6.03. The van der Waals surface area contributed by atoms with Crippen molar-refractivity contribution in [1.29, 1.82) is 0 Å². The molecule has 0 saturated heterocycles. The van der Waals surface area contributed by atoms with Crippen molar-refractivity contribution in [3.8, 4) is 0 Å². The molecule has 4 aromatic rings. The SMILES string of the molecule is O=C1Nc2ccccc2C12CN(Cc1ccccn1)Cc1c2[nH]c2ccccc12. The molecule has 2 aliphatic heterocycles. The van der Waals surface area contributed by atoms with E-state index in [9.17, 15) is 4.79 Å². The number of benzene rings is 2. The average molecular weight is 380 g/mol. The fraction of sp³-hybridized carbons (Fsp3) is 0.167. The van der Waals surface area contributed by atoms with Crippen LogP contribution in [0.25, 0.3) is 10.9 Å². The largest absolute Gasteiger partial charge is 0.357 e. The van der Waals surface area contributed by atoms with Crippen molar-refractivity contribution in [2.24, 2.45) is 0 Å². The van der Waals surface area contributed by atoms with E-state index in [2.05, 4.69) is 44.5 Å². The number of carbonyl (C=O) groups is 1. The highest BCUT2D eigenvalue weighted by Crippen LogP contribution is 2.48. The molecule has 142 valence electrons. The Bertz CT molecular complexity index is 1250. The Balaban J connectivity index is 1.57. The Morgan fingerprint density at radius 1 is 1.00 bits per heavy atom. The molecule has 0 fully saturated rings. The molecule has 2 aliphatic rings. The van der Waals surface area contributed by atoms with Crippen LogP contribution < -0.4 is 5.32 Å². The molecule has 2 N–H and O–H groups in total. The van der Waals surface area contributed by atoms with Gasteiger partial charge in [-0.3, -0.25) is 14.7 Å². The van der Waals surface area contributed by atoms with Gasteiger partial charge in [0.25, 0.3) is 0 Å². The first-order valence-corrected chi connectivity index (χ1v) is 9.89. The monoisotopic (exact) mass is 380 g/mol. The molecule has 0 bridgehead atoms. The van der Waals surface area contributed by atoms with Gasteiger partial charge in [0.2, 0.25) is 5.91 Å². The summed E-state index contributed by atoms with van der Waals surface area (Å²) < 4.78 is 0. The van der Waals surface area contributed by atoms with Gasteiger partial charge >= 0.3 is 0 Å². The van der Waals surface area contributed by atoms with Gasteiger partial charge in [0.1, 0.15) is 5.41 Å². The maximum Gasteiger partial charge on any atom is 0.242 e. The molecule has 4 heterocycles. The van der Waals surface area contributed by atoms with Crippen LogP contribution in [0.3, 0.4) is 0 Å². The fourth-order valence-electron chi connectivity index (χ4n) is 4.98. The third-order valence-corrected chi connectivity index (χ3v) is 6.22. The van der Waals surface area contributed by atoms with Gasteiger partial charge in [-0.05, 0) is 35.4 Å². The van der Waals surface area contributed by atoms with Crippen LogP contribution in [0.2, 0.25) is 0 Å². The Labute approximate surface area is 168 Å². The number of nitrogens with zero attached hydrogens (tertiary/aromatic N) is 2. The second-order valence-electron chi connectivity index (χ2n) is 7.90. The molecule has 1 unspecified atom stereocenters. The van der Waals surface area contributed by atoms with E-state index >= 15 is 0 Å². The zero-order valence-electron chi connectivity index (χ0n) is 15.9. The van der Waals surface area contributed by atoms with Crippen molar-refractivity contribution in [3.05, 3.63) is 95.4 Å². The third-order valence-electron chi connectivity index (χ3n) is 6.22. The Morgan fingerprint density at radius 3 is 2.72 bits per heavy atom. The van der Waals surface area contributed by atoms with Crippen molar-refractivity contribution >= 4 is 22.5 Å². The summed E-state index contributed by atoms with van der Waals surface area (Å²) >= 11 is 0. The van der Waals surface area contributed by atoms with Crippen molar-refractivity contribution in [1.82, 2.24) is 14.9 Å². The molecule has 5 nitrogen and oxygen atoms in total. The van der Waals surface area contributed by atoms with Crippen LogP contribution >= 0.6 is 0 Å². The van der Waals surface area contributed by atoms with Gasteiger partial charge in [0, 0.05) is 48.1 Å². The molecule has 0 saturated carbocycles. The number of nitrogens with one attached hydrogen (secondary N) is 2. The van der Waals surface area contributed by atoms with Crippen LogP contribution in [-0.2, 0) is 23.3 Å². The summed E-state index contributed by atoms with van der Waals surface area (Å²) in [5, 5.41) is 4.31. The summed E-state index contributed by atoms with van der Waals surface area (Å²) in [5.41, 5.74) is 5.53. The van der Waals surface area contributed by atoms with Gasteiger partial charge in [-0.25, -0.2) is 0 Å². The molecule has 6 rings (SSSR count). The number of hydrogen-bond donors (Lipinski definition) is 2. The molecule has 2 aromatic heterocycles. The number of aromatic nitrogens is 2. The number of H-pyrrole nitrogens is 1. The summed E-state index contributed by atoms with van der Waals surface area (Å²) in [5.74, 6) is 0.0391. The zero-order valence-corrected chi connectivity index (χ0v) is 15.9. The van der Waals surface area contributed by atoms with Crippen LogP contribution in [0.4, 0.5) is 5.69 Å². The van der Waals surface area contributed by atoms with Gasteiger partial charge in [0.05, 0.1) is 5.69 Å². The molecule has 29 heavy (non-hydrogen) atoms. The van der Waals surface area contributed by atoms with Gasteiger partial charge in [-0.1, -0.05) is 42.5 Å². The number of carbonyl (C=O) groups excluding carboxylic acids is 1. The number of para-hydroxylation sites is 2. The lowest BCUT2D eigenvalue weighted by atomic mass is 9.74. The zero-order chi connectivity index (χ0) is 19.4. The predicted octanol–water partition coefficient (Wildman–Crippen LogP) is 3.82. The highest BCUT2D eigenvalue weighted by molar-refractivity contribution is 6.10. The lowest BCUT2D eigenvalue weighted by Gasteiger charge is -2.39. The summed E-state index contributed by atoms with van der Waals surface area (Å²) in [6.07, 6.45) is 1.82. The van der Waals surface area contributed by atoms with E-state index in [4.69, 9.17) is 0 Å². The normalized spacial score (nSPS) is 20.6. The van der Waals surface area contributed by atoms with Gasteiger partial charge in [-0.2, -0.15) is 0 Å². The summed E-state index contributed by atoms with van der Waals surface area (Å²) in [6, 6.07) is 22.4. The molecule has 1 amide bonds. The first kappa shape index (κ1) is 16.5. The molecular weight excluding hydrogens is 360 g/mol. The fourth-order valence-corrected chi connectivity index (χ4v) is 4.98. The van der Waals surface area contributed by atoms with E-state index in [1.807, 2.05) is 48.7 Å². The van der Waals surface area contributed by atoms with Crippen molar-refractivity contribution in [2.45, 2.75) is 18.5 Å². The van der Waals surface area contributed by atoms with Crippen molar-refractivity contribution in [3.63, 3.8) is 0 Å². The number of pyridine rings is 1. The summed E-state index contributed by atoms with van der Waals surface area (Å²) in [4.78, 5) is 23.9. The average Bonchev–Trinajstić information content (AvgIpc) is 3.26. The van der Waals surface area contributed by atoms with Crippen LogP contribution in [0.5, 0.6) is 0 Å². The highest BCUT2D eigenvalue weighted by atomic mass is 16.2. The number of hydrogen-bond acceptors (Lipinski definition) is 3. The van der Waals surface area contributed by atoms with Crippen LogP contribution in [0, 0.1) is 0 Å². The van der Waals surface area contributed by atoms with Gasteiger partial charge in [-0.15, -0.1) is 0 Å². The molecule has 0 radical (unpaired) electrons. The van der Waals surface area contributed by atoms with E-state index in [1.165, 1.54) is 10.9 Å². The topological polar surface area (TPSA) is 61.0 Å². The molecule has 1 spiro atoms. The highest BCUT2D eigenvalue weighted by Gasteiger charge is 2.53. The smallest absolute Gasteiger partial charge is 0.242 e. The number of aromatic amines is 1. The van der Waals surface area contributed by atoms with E-state index in [0.29, 0.717) is 13.1 Å². The number of amides is 1. The maximum atomic E-state index is 13.5. The first-order valence-electron chi connectivity index (χ1n) is 9.89. The van der Waals surface area contributed by atoms with Crippen LogP contribution in [0.15, 0.2) is 72.9 Å². The summed E-state index contributed by atoms with van der Waals surface area (Å²) in [6.45, 7) is 2.11. The van der Waals surface area contributed by atoms with Crippen molar-refractivity contribution in [2.75, 3.05) is 11.9 Å². The molecule has 5 heteroatoms. The number of fused-ring (bicyclic) bond motifs is 6. The first-order chi connectivity index (χ1) is 14.3. The Morgan fingerprint density at radius 2 is 1.83 bits per heavy atom. The van der Waals surface area contributed by atoms with Crippen LogP contribution in [-0.4, -0.2) is 27.3 Å². The Kier molecular flexibility index (Phi) is 3.43. The number of anilines is 1. The van der Waals surface area contributed by atoms with E-state index < -0.39 is 5.41 Å². The maximum absolute atomic E-state index is 13.5. The molecule has 0 aliphatic carbocycles. The Hall–Kier alpha value is -3.44.